The molecule has 0 unspecified atom stereocenters. The van der Waals surface area contributed by atoms with Gasteiger partial charge in [-0.1, -0.05) is 12.1 Å². The highest BCUT2D eigenvalue weighted by atomic mass is 32.1. The number of thiophene rings is 2. The van der Waals surface area contributed by atoms with Crippen LogP contribution in [0.1, 0.15) is 20.9 Å². The second-order valence-electron chi connectivity index (χ2n) is 7.18. The van der Waals surface area contributed by atoms with Crippen LogP contribution in [0.2, 0.25) is 0 Å². The minimum Gasteiger partial charge on any atom is -0.140 e. The van der Waals surface area contributed by atoms with Gasteiger partial charge in [-0.15, -0.1) is 22.7 Å². The molecule has 2 heteroatoms. The number of aryl methyl sites for hydroxylation is 4. The molecule has 0 saturated carbocycles. The molecule has 0 nitrogen and oxygen atoms in total. The quantitative estimate of drug-likeness (QED) is 0.268. The smallest absolute Gasteiger partial charge is 0.0433 e. The molecule has 24 heavy (non-hydrogen) atoms. The van der Waals surface area contributed by atoms with E-state index in [0.29, 0.717) is 0 Å². The average molecular weight is 345 g/mol. The number of rotatable bonds is 0. The van der Waals surface area contributed by atoms with Crippen LogP contribution in [-0.2, 0) is 0 Å². The second kappa shape index (κ2) is 4.01. The van der Waals surface area contributed by atoms with E-state index < -0.39 is 0 Å². The summed E-state index contributed by atoms with van der Waals surface area (Å²) in [6.07, 6.45) is 0. The molecule has 0 fully saturated rings. The van der Waals surface area contributed by atoms with Gasteiger partial charge in [0.15, 0.2) is 0 Å². The van der Waals surface area contributed by atoms with Crippen LogP contribution >= 0.6 is 22.7 Å². The van der Waals surface area contributed by atoms with Crippen LogP contribution in [0.5, 0.6) is 0 Å². The lowest BCUT2D eigenvalue weighted by Gasteiger charge is -2.12. The largest absolute Gasteiger partial charge is 0.140 e. The van der Waals surface area contributed by atoms with Crippen LogP contribution in [0.15, 0.2) is 24.3 Å². The van der Waals surface area contributed by atoms with Gasteiger partial charge in [0, 0.05) is 41.8 Å². The van der Waals surface area contributed by atoms with Crippen molar-refractivity contribution in [3.8, 4) is 43.1 Å². The lowest BCUT2D eigenvalue weighted by molar-refractivity contribution is 1.51. The van der Waals surface area contributed by atoms with Gasteiger partial charge < -0.3 is 0 Å². The van der Waals surface area contributed by atoms with Crippen molar-refractivity contribution in [3.05, 3.63) is 45.1 Å². The van der Waals surface area contributed by atoms with E-state index >= 15 is 0 Å². The van der Waals surface area contributed by atoms with Crippen LogP contribution in [0, 0.1) is 27.7 Å². The van der Waals surface area contributed by atoms with Crippen molar-refractivity contribution in [3.63, 3.8) is 0 Å². The monoisotopic (exact) mass is 344 g/mol. The molecule has 116 valence electrons. The maximum atomic E-state index is 2.44. The highest BCUT2D eigenvalue weighted by Crippen LogP contribution is 2.60. The molecule has 0 bridgehead atoms. The zero-order valence-electron chi connectivity index (χ0n) is 14.1. The Balaban J connectivity index is 1.90. The molecule has 2 aliphatic rings. The molecular formula is C22H16S2. The molecule has 0 aliphatic heterocycles. The summed E-state index contributed by atoms with van der Waals surface area (Å²) in [4.78, 5) is 5.78. The van der Waals surface area contributed by atoms with Crippen LogP contribution in [-0.4, -0.2) is 0 Å². The predicted octanol–water partition coefficient (Wildman–Crippen LogP) is 7.49. The molecule has 0 radical (unpaired) electrons. The van der Waals surface area contributed by atoms with Gasteiger partial charge in [0.25, 0.3) is 0 Å². The maximum absolute atomic E-state index is 2.44. The highest BCUT2D eigenvalue weighted by molar-refractivity contribution is 7.17. The van der Waals surface area contributed by atoms with Crippen LogP contribution < -0.4 is 0 Å². The standard InChI is InChI=1S/C22H16S2/c1-9-5-13-15-7-12(4)24-22(15)18-10(2)6-14-16-8-11(3)23-21(16)17(9)19(14)20(13)18/h5-8H,1-4H3. The van der Waals surface area contributed by atoms with E-state index in [2.05, 4.69) is 52.0 Å². The van der Waals surface area contributed by atoms with Crippen molar-refractivity contribution >= 4 is 33.4 Å². The molecule has 4 aromatic rings. The Bertz CT molecular complexity index is 1130. The van der Waals surface area contributed by atoms with E-state index in [1.54, 1.807) is 0 Å². The third-order valence-electron chi connectivity index (χ3n) is 5.54. The van der Waals surface area contributed by atoms with Crippen molar-refractivity contribution in [1.82, 2.24) is 0 Å². The first-order chi connectivity index (χ1) is 11.5. The Morgan fingerprint density at radius 3 is 1.38 bits per heavy atom. The number of fused-ring (bicyclic) bond motifs is 6. The van der Waals surface area contributed by atoms with Gasteiger partial charge in [-0.2, -0.15) is 0 Å². The van der Waals surface area contributed by atoms with E-state index in [1.807, 2.05) is 22.7 Å². The first-order valence-electron chi connectivity index (χ1n) is 8.38. The number of hydrogen-bond acceptors (Lipinski definition) is 2. The summed E-state index contributed by atoms with van der Waals surface area (Å²) in [5, 5.41) is 3.01. The molecule has 2 aromatic carbocycles. The van der Waals surface area contributed by atoms with E-state index in [9.17, 15) is 0 Å². The summed E-state index contributed by atoms with van der Waals surface area (Å²) in [6, 6.07) is 9.63. The molecule has 0 N–H and O–H groups in total. The van der Waals surface area contributed by atoms with E-state index in [-0.39, 0.29) is 0 Å². The van der Waals surface area contributed by atoms with Gasteiger partial charge in [0.05, 0.1) is 0 Å². The average Bonchev–Trinajstić information content (AvgIpc) is 3.20. The molecule has 2 aliphatic carbocycles. The SMILES string of the molecule is Cc1cc2c(s1)-c1c(C)cc3c4c(c(C)cc-2c14)-c1sc(C)cc1-3. The molecule has 2 aromatic heterocycles. The normalized spacial score (nSPS) is 13.0. The molecule has 6 rings (SSSR count). The molecule has 0 amide bonds. The molecule has 2 heterocycles. The number of benzene rings is 2. The minimum absolute atomic E-state index is 1.41. The summed E-state index contributed by atoms with van der Waals surface area (Å²) in [7, 11) is 0. The fourth-order valence-electron chi connectivity index (χ4n) is 4.71. The van der Waals surface area contributed by atoms with E-state index in [1.165, 1.54) is 74.8 Å². The third-order valence-corrected chi connectivity index (χ3v) is 7.68. The first-order valence-corrected chi connectivity index (χ1v) is 10.0. The zero-order valence-corrected chi connectivity index (χ0v) is 15.8. The lowest BCUT2D eigenvalue weighted by atomic mass is 9.93. The molecule has 0 spiro atoms. The van der Waals surface area contributed by atoms with Crippen LogP contribution in [0.3, 0.4) is 0 Å². The van der Waals surface area contributed by atoms with Crippen molar-refractivity contribution in [2.45, 2.75) is 27.7 Å². The van der Waals surface area contributed by atoms with E-state index in [0.717, 1.165) is 0 Å². The maximum Gasteiger partial charge on any atom is 0.0433 e. The van der Waals surface area contributed by atoms with Gasteiger partial charge in [0.2, 0.25) is 0 Å². The van der Waals surface area contributed by atoms with Crippen molar-refractivity contribution in [2.75, 3.05) is 0 Å². The van der Waals surface area contributed by atoms with Gasteiger partial charge in [-0.3, -0.25) is 0 Å². The van der Waals surface area contributed by atoms with Crippen molar-refractivity contribution < 1.29 is 0 Å². The Labute approximate surface area is 149 Å². The highest BCUT2D eigenvalue weighted by Gasteiger charge is 2.33. The minimum atomic E-state index is 1.41. The van der Waals surface area contributed by atoms with Gasteiger partial charge in [-0.25, -0.2) is 0 Å². The fourth-order valence-corrected chi connectivity index (χ4v) is 7.00. The van der Waals surface area contributed by atoms with Gasteiger partial charge in [-0.05, 0) is 72.9 Å². The second-order valence-corrected chi connectivity index (χ2v) is 9.69. The third kappa shape index (κ3) is 1.34. The first kappa shape index (κ1) is 13.4. The summed E-state index contributed by atoms with van der Waals surface area (Å²) >= 11 is 3.90. The van der Waals surface area contributed by atoms with Gasteiger partial charge >= 0.3 is 0 Å². The van der Waals surface area contributed by atoms with Crippen LogP contribution in [0.4, 0.5) is 0 Å². The predicted molar refractivity (Wildman–Crippen MR) is 108 cm³/mol. The summed E-state index contributed by atoms with van der Waals surface area (Å²) in [5.41, 5.74) is 11.6. The van der Waals surface area contributed by atoms with Crippen molar-refractivity contribution in [2.24, 2.45) is 0 Å². The van der Waals surface area contributed by atoms with Crippen molar-refractivity contribution in [1.29, 1.82) is 0 Å². The Morgan fingerprint density at radius 2 is 0.958 bits per heavy atom. The number of hydrogen-bond donors (Lipinski definition) is 0. The van der Waals surface area contributed by atoms with Crippen LogP contribution in [0.25, 0.3) is 53.9 Å². The topological polar surface area (TPSA) is 0 Å². The fraction of sp³-hybridized carbons (Fsp3) is 0.182. The van der Waals surface area contributed by atoms with Gasteiger partial charge in [0.1, 0.15) is 0 Å². The van der Waals surface area contributed by atoms with E-state index in [4.69, 9.17) is 0 Å². The summed E-state index contributed by atoms with van der Waals surface area (Å²) in [6.45, 7) is 9.03. The lowest BCUT2D eigenvalue weighted by Crippen LogP contribution is -1.86. The molecular weight excluding hydrogens is 328 g/mol. The Hall–Kier alpha value is -1.90. The molecule has 0 saturated heterocycles. The summed E-state index contributed by atoms with van der Waals surface area (Å²) < 4.78 is 0. The summed E-state index contributed by atoms with van der Waals surface area (Å²) in [5.74, 6) is 0. The zero-order chi connectivity index (χ0) is 16.3. The Kier molecular flexibility index (Phi) is 2.24. The Morgan fingerprint density at radius 1 is 0.542 bits per heavy atom. The molecule has 0 atom stereocenters.